The Morgan fingerprint density at radius 2 is 1.74 bits per heavy atom. The van der Waals surface area contributed by atoms with Crippen LogP contribution in [0, 0.1) is 16.4 Å². The Morgan fingerprint density at radius 1 is 1.07 bits per heavy atom. The maximum Gasteiger partial charge on any atom is 0.238 e. The van der Waals surface area contributed by atoms with Crippen LogP contribution in [0.3, 0.4) is 0 Å². The number of carbonyl (C=O) groups is 2. The summed E-state index contributed by atoms with van der Waals surface area (Å²) in [6, 6.07) is 6.03. The highest BCUT2D eigenvalue weighted by Crippen LogP contribution is 2.22. The molecule has 1 aromatic carbocycles. The topological polar surface area (TPSA) is 52.7 Å². The lowest BCUT2D eigenvalue weighted by atomic mass is 9.95. The second-order valence-corrected chi connectivity index (χ2v) is 9.04. The zero-order chi connectivity index (χ0) is 19.2. The number of carbonyl (C=O) groups excluding carboxylic acids is 2. The predicted molar refractivity (Wildman–Crippen MR) is 117 cm³/mol. The van der Waals surface area contributed by atoms with E-state index in [9.17, 15) is 9.59 Å². The molecule has 2 aliphatic rings. The molecule has 148 valence electrons. The van der Waals surface area contributed by atoms with Crippen LogP contribution >= 0.6 is 22.6 Å². The molecule has 6 heteroatoms. The van der Waals surface area contributed by atoms with Crippen LogP contribution < -0.4 is 5.32 Å². The number of likely N-dealkylation sites (tertiary alicyclic amines) is 2. The SMILES string of the molecule is Cc1cc(I)ccc1NC(=O)CN1CCC(C(=O)N2CCCCCC2)CC1. The highest BCUT2D eigenvalue weighted by atomic mass is 127. The van der Waals surface area contributed by atoms with Gasteiger partial charge >= 0.3 is 0 Å². The molecular formula is C21H30IN3O2. The summed E-state index contributed by atoms with van der Waals surface area (Å²) >= 11 is 2.27. The Kier molecular flexibility index (Phi) is 7.52. The number of amides is 2. The number of halogens is 1. The van der Waals surface area contributed by atoms with E-state index >= 15 is 0 Å². The second-order valence-electron chi connectivity index (χ2n) is 7.80. The zero-order valence-electron chi connectivity index (χ0n) is 16.2. The molecule has 1 N–H and O–H groups in total. The van der Waals surface area contributed by atoms with Crippen LogP contribution in [-0.4, -0.2) is 54.3 Å². The number of piperidine rings is 1. The van der Waals surface area contributed by atoms with Crippen LogP contribution in [-0.2, 0) is 9.59 Å². The Labute approximate surface area is 176 Å². The molecule has 1 aromatic rings. The van der Waals surface area contributed by atoms with Crippen LogP contribution in [0.4, 0.5) is 5.69 Å². The molecule has 2 saturated heterocycles. The van der Waals surface area contributed by atoms with Gasteiger partial charge in [0.15, 0.2) is 0 Å². The van der Waals surface area contributed by atoms with Gasteiger partial charge in [0.1, 0.15) is 0 Å². The molecule has 0 spiro atoms. The van der Waals surface area contributed by atoms with E-state index < -0.39 is 0 Å². The molecule has 2 aliphatic heterocycles. The molecule has 0 aromatic heterocycles. The minimum Gasteiger partial charge on any atom is -0.342 e. The minimum atomic E-state index is 0.0246. The molecule has 0 radical (unpaired) electrons. The number of nitrogens with one attached hydrogen (secondary N) is 1. The number of rotatable bonds is 4. The largest absolute Gasteiger partial charge is 0.342 e. The number of nitrogens with zero attached hydrogens (tertiary/aromatic N) is 2. The van der Waals surface area contributed by atoms with Gasteiger partial charge < -0.3 is 10.2 Å². The monoisotopic (exact) mass is 483 g/mol. The maximum absolute atomic E-state index is 12.8. The first-order chi connectivity index (χ1) is 13.0. The van der Waals surface area contributed by atoms with Crippen LogP contribution in [0.25, 0.3) is 0 Å². The Bertz CT molecular complexity index is 663. The number of aryl methyl sites for hydroxylation is 1. The molecule has 0 saturated carbocycles. The summed E-state index contributed by atoms with van der Waals surface area (Å²) < 4.78 is 1.17. The molecule has 27 heavy (non-hydrogen) atoms. The fraction of sp³-hybridized carbons (Fsp3) is 0.619. The third kappa shape index (κ3) is 5.91. The summed E-state index contributed by atoms with van der Waals surface area (Å²) in [4.78, 5) is 29.4. The fourth-order valence-electron chi connectivity index (χ4n) is 4.05. The van der Waals surface area contributed by atoms with Gasteiger partial charge in [-0.3, -0.25) is 14.5 Å². The first kappa shape index (κ1) is 20.6. The van der Waals surface area contributed by atoms with Crippen LogP contribution in [0.2, 0.25) is 0 Å². The summed E-state index contributed by atoms with van der Waals surface area (Å²) in [6.07, 6.45) is 6.51. The molecule has 5 nitrogen and oxygen atoms in total. The molecular weight excluding hydrogens is 453 g/mol. The lowest BCUT2D eigenvalue weighted by molar-refractivity contribution is -0.137. The Hall–Kier alpha value is -1.15. The average molecular weight is 483 g/mol. The van der Waals surface area contributed by atoms with E-state index in [0.29, 0.717) is 12.5 Å². The van der Waals surface area contributed by atoms with E-state index in [0.717, 1.165) is 63.1 Å². The number of hydrogen-bond donors (Lipinski definition) is 1. The van der Waals surface area contributed by atoms with Gasteiger partial charge in [0.2, 0.25) is 11.8 Å². The molecule has 0 atom stereocenters. The van der Waals surface area contributed by atoms with Crippen molar-refractivity contribution in [2.45, 2.75) is 45.4 Å². The van der Waals surface area contributed by atoms with Crippen molar-refractivity contribution in [3.05, 3.63) is 27.3 Å². The van der Waals surface area contributed by atoms with E-state index in [4.69, 9.17) is 0 Å². The normalized spacial score (nSPS) is 19.6. The van der Waals surface area contributed by atoms with Crippen molar-refractivity contribution in [3.8, 4) is 0 Å². The lowest BCUT2D eigenvalue weighted by Gasteiger charge is -2.33. The van der Waals surface area contributed by atoms with Crippen molar-refractivity contribution < 1.29 is 9.59 Å². The highest BCUT2D eigenvalue weighted by molar-refractivity contribution is 14.1. The van der Waals surface area contributed by atoms with Crippen molar-refractivity contribution in [1.29, 1.82) is 0 Å². The van der Waals surface area contributed by atoms with Gasteiger partial charge in [0.05, 0.1) is 6.54 Å². The van der Waals surface area contributed by atoms with Crippen molar-refractivity contribution >= 4 is 40.1 Å². The summed E-state index contributed by atoms with van der Waals surface area (Å²) in [6.45, 7) is 5.91. The van der Waals surface area contributed by atoms with E-state index in [1.165, 1.54) is 16.4 Å². The molecule has 0 bridgehead atoms. The van der Waals surface area contributed by atoms with Crippen molar-refractivity contribution in [2.75, 3.05) is 38.0 Å². The van der Waals surface area contributed by atoms with Gasteiger partial charge in [-0.15, -0.1) is 0 Å². The van der Waals surface area contributed by atoms with Gasteiger partial charge in [0.25, 0.3) is 0 Å². The maximum atomic E-state index is 12.8. The summed E-state index contributed by atoms with van der Waals surface area (Å²) in [7, 11) is 0. The third-order valence-electron chi connectivity index (χ3n) is 5.68. The van der Waals surface area contributed by atoms with E-state index in [1.807, 2.05) is 19.1 Å². The molecule has 2 amide bonds. The quantitative estimate of drug-likeness (QED) is 0.666. The molecule has 3 rings (SSSR count). The van der Waals surface area contributed by atoms with E-state index in [2.05, 4.69) is 43.8 Å². The summed E-state index contributed by atoms with van der Waals surface area (Å²) in [5, 5.41) is 3.02. The first-order valence-corrected chi connectivity index (χ1v) is 11.2. The Balaban J connectivity index is 1.44. The van der Waals surface area contributed by atoms with Gasteiger partial charge in [-0.05, 0) is 92.0 Å². The predicted octanol–water partition coefficient (Wildman–Crippen LogP) is 3.65. The van der Waals surface area contributed by atoms with Gasteiger partial charge in [-0.25, -0.2) is 0 Å². The van der Waals surface area contributed by atoms with Crippen molar-refractivity contribution in [3.63, 3.8) is 0 Å². The zero-order valence-corrected chi connectivity index (χ0v) is 18.3. The highest BCUT2D eigenvalue weighted by Gasteiger charge is 2.29. The van der Waals surface area contributed by atoms with Crippen LogP contribution in [0.15, 0.2) is 18.2 Å². The van der Waals surface area contributed by atoms with Crippen molar-refractivity contribution in [2.24, 2.45) is 5.92 Å². The smallest absolute Gasteiger partial charge is 0.238 e. The van der Waals surface area contributed by atoms with E-state index in [1.54, 1.807) is 0 Å². The van der Waals surface area contributed by atoms with Gasteiger partial charge in [-0.1, -0.05) is 12.8 Å². The van der Waals surface area contributed by atoms with Crippen molar-refractivity contribution in [1.82, 2.24) is 9.80 Å². The number of benzene rings is 1. The lowest BCUT2D eigenvalue weighted by Crippen LogP contribution is -2.44. The first-order valence-electron chi connectivity index (χ1n) is 10.1. The van der Waals surface area contributed by atoms with Gasteiger partial charge in [-0.2, -0.15) is 0 Å². The standard InChI is InChI=1S/C21H30IN3O2/c1-16-14-18(22)6-7-19(16)23-20(26)15-24-12-8-17(9-13-24)21(27)25-10-4-2-3-5-11-25/h6-7,14,17H,2-5,8-13,15H2,1H3,(H,23,26). The molecule has 0 aliphatic carbocycles. The number of anilines is 1. The minimum absolute atomic E-state index is 0.0246. The second kappa shape index (κ2) is 9.87. The van der Waals surface area contributed by atoms with Gasteiger partial charge in [0, 0.05) is 28.3 Å². The average Bonchev–Trinajstić information content (AvgIpc) is 2.93. The fourth-order valence-corrected chi connectivity index (χ4v) is 4.69. The third-order valence-corrected chi connectivity index (χ3v) is 6.36. The van der Waals surface area contributed by atoms with Crippen LogP contribution in [0.1, 0.15) is 44.1 Å². The summed E-state index contributed by atoms with van der Waals surface area (Å²) in [5.74, 6) is 0.507. The Morgan fingerprint density at radius 3 is 2.37 bits per heavy atom. The molecule has 2 heterocycles. The van der Waals surface area contributed by atoms with E-state index in [-0.39, 0.29) is 11.8 Å². The molecule has 0 unspecified atom stereocenters. The van der Waals surface area contributed by atoms with Crippen LogP contribution in [0.5, 0.6) is 0 Å². The number of hydrogen-bond acceptors (Lipinski definition) is 3. The molecule has 2 fully saturated rings. The summed E-state index contributed by atoms with van der Waals surface area (Å²) in [5.41, 5.74) is 1.96.